The van der Waals surface area contributed by atoms with E-state index in [2.05, 4.69) is 15.3 Å². The lowest BCUT2D eigenvalue weighted by Gasteiger charge is -2.20. The first-order valence-electron chi connectivity index (χ1n) is 9.69. The summed E-state index contributed by atoms with van der Waals surface area (Å²) in [5.74, 6) is 0.419. The molecule has 0 amide bonds. The van der Waals surface area contributed by atoms with E-state index in [4.69, 9.17) is 4.74 Å². The molecule has 4 rings (SSSR count). The summed E-state index contributed by atoms with van der Waals surface area (Å²) < 4.78 is 83.2. The Morgan fingerprint density at radius 1 is 1.00 bits per heavy atom. The maximum Gasteiger partial charge on any atom is 0.433 e. The van der Waals surface area contributed by atoms with Gasteiger partial charge in [0, 0.05) is 5.92 Å². The highest BCUT2D eigenvalue weighted by Gasteiger charge is 2.34. The molecule has 1 unspecified atom stereocenters. The molecule has 0 saturated carbocycles. The van der Waals surface area contributed by atoms with Gasteiger partial charge < -0.3 is 10.1 Å². The third kappa shape index (κ3) is 4.79. The fourth-order valence-electron chi connectivity index (χ4n) is 3.46. The van der Waals surface area contributed by atoms with Crippen LogP contribution in [0, 0.1) is 0 Å². The lowest BCUT2D eigenvalue weighted by molar-refractivity contribution is -0.141. The van der Waals surface area contributed by atoms with Gasteiger partial charge in [0.25, 0.3) is 0 Å². The summed E-state index contributed by atoms with van der Waals surface area (Å²) in [6.45, 7) is 0.543. The molecule has 2 heterocycles. The maximum atomic E-state index is 13.0. The second kappa shape index (κ2) is 8.33. The molecule has 1 aliphatic carbocycles. The number of anilines is 1. The number of hydrogen-bond acceptors (Lipinski definition) is 4. The van der Waals surface area contributed by atoms with Crippen molar-refractivity contribution < 1.29 is 31.1 Å². The lowest BCUT2D eigenvalue weighted by atomic mass is 9.89. The summed E-state index contributed by atoms with van der Waals surface area (Å²) >= 11 is 0. The largest absolute Gasteiger partial charge is 0.491 e. The second-order valence-electron chi connectivity index (χ2n) is 7.22. The third-order valence-corrected chi connectivity index (χ3v) is 5.02. The fourth-order valence-corrected chi connectivity index (χ4v) is 3.46. The Hall–Kier alpha value is -3.30. The molecule has 2 aromatic rings. The van der Waals surface area contributed by atoms with Crippen LogP contribution in [-0.4, -0.2) is 30.1 Å². The Balaban J connectivity index is 1.62. The van der Waals surface area contributed by atoms with Crippen LogP contribution in [0.25, 0.3) is 0 Å². The van der Waals surface area contributed by atoms with Crippen molar-refractivity contribution >= 4 is 11.7 Å². The van der Waals surface area contributed by atoms with Crippen LogP contribution in [0.3, 0.4) is 0 Å². The number of rotatable bonds is 2. The van der Waals surface area contributed by atoms with Gasteiger partial charge in [0.15, 0.2) is 0 Å². The Labute approximate surface area is 179 Å². The van der Waals surface area contributed by atoms with Gasteiger partial charge in [-0.2, -0.15) is 26.3 Å². The van der Waals surface area contributed by atoms with Gasteiger partial charge in [-0.3, -0.25) is 4.99 Å². The maximum absolute atomic E-state index is 13.0. The minimum atomic E-state index is -4.59. The molecule has 0 bridgehead atoms. The molecule has 1 N–H and O–H groups in total. The molecule has 0 spiro atoms. The van der Waals surface area contributed by atoms with E-state index < -0.39 is 23.6 Å². The monoisotopic (exact) mass is 453 g/mol. The highest BCUT2D eigenvalue weighted by molar-refractivity contribution is 6.10. The van der Waals surface area contributed by atoms with Crippen molar-refractivity contribution in [2.75, 3.05) is 18.5 Å². The Bertz CT molecular complexity index is 1100. The number of benzene rings is 1. The predicted molar refractivity (Wildman–Crippen MR) is 107 cm³/mol. The molecule has 1 atom stereocenters. The predicted octanol–water partition coefficient (Wildman–Crippen LogP) is 5.88. The van der Waals surface area contributed by atoms with Crippen molar-refractivity contribution in [2.45, 2.75) is 24.7 Å². The molecular weight excluding hydrogens is 436 g/mol. The molecule has 0 saturated heterocycles. The van der Waals surface area contributed by atoms with Crippen LogP contribution in [0.5, 0.6) is 5.75 Å². The van der Waals surface area contributed by atoms with Gasteiger partial charge in [0.05, 0.1) is 17.7 Å². The minimum Gasteiger partial charge on any atom is -0.491 e. The van der Waals surface area contributed by atoms with Crippen molar-refractivity contribution in [3.05, 3.63) is 77.0 Å². The minimum absolute atomic E-state index is 0.0351. The van der Waals surface area contributed by atoms with Crippen molar-refractivity contribution in [1.82, 2.24) is 4.98 Å². The van der Waals surface area contributed by atoms with Crippen LogP contribution in [0.1, 0.15) is 29.2 Å². The normalized spacial score (nSPS) is 18.8. The summed E-state index contributed by atoms with van der Waals surface area (Å²) in [4.78, 5) is 7.96. The number of allylic oxidation sites excluding steroid dienone is 4. The number of hydrogen-bond donors (Lipinski definition) is 1. The van der Waals surface area contributed by atoms with E-state index in [1.807, 2.05) is 0 Å². The molecule has 10 heteroatoms. The van der Waals surface area contributed by atoms with E-state index in [0.29, 0.717) is 11.3 Å². The molecular formula is C22H17F6N3O. The first-order chi connectivity index (χ1) is 15.1. The lowest BCUT2D eigenvalue weighted by Crippen LogP contribution is -2.17. The van der Waals surface area contributed by atoms with Gasteiger partial charge in [-0.05, 0) is 36.2 Å². The zero-order chi connectivity index (χ0) is 22.9. The molecule has 0 fully saturated rings. The molecule has 0 radical (unpaired) electrons. The van der Waals surface area contributed by atoms with Crippen LogP contribution >= 0.6 is 0 Å². The number of aromatic nitrogens is 1. The first kappa shape index (κ1) is 21.9. The van der Waals surface area contributed by atoms with Gasteiger partial charge in [-0.25, -0.2) is 4.98 Å². The highest BCUT2D eigenvalue weighted by atomic mass is 19.4. The standard InChI is InChI=1S/C22H17F6N3O/c23-21(24,25)15-7-4-13(5-8-15)14-6-9-17-16(12-14)20(29-10-11-32-17)31-19-3-1-2-18(30-19)22(26,27)28/h1-4,6-9,12-13H,5,10-11H2,(H,29,30,31). The number of aliphatic imine (C=N–C) groups is 1. The summed E-state index contributed by atoms with van der Waals surface area (Å²) in [5, 5.41) is 2.83. The van der Waals surface area contributed by atoms with Gasteiger partial charge >= 0.3 is 12.4 Å². The zero-order valence-corrected chi connectivity index (χ0v) is 16.5. The molecule has 168 valence electrons. The number of fused-ring (bicyclic) bond motifs is 1. The van der Waals surface area contributed by atoms with E-state index in [9.17, 15) is 26.3 Å². The van der Waals surface area contributed by atoms with Crippen LogP contribution in [-0.2, 0) is 6.18 Å². The van der Waals surface area contributed by atoms with Crippen molar-refractivity contribution in [3.8, 4) is 5.75 Å². The zero-order valence-electron chi connectivity index (χ0n) is 16.5. The van der Waals surface area contributed by atoms with Crippen molar-refractivity contribution in [1.29, 1.82) is 0 Å². The van der Waals surface area contributed by atoms with Crippen LogP contribution in [0.15, 0.2) is 65.2 Å². The van der Waals surface area contributed by atoms with E-state index in [1.165, 1.54) is 18.2 Å². The molecule has 1 aliphatic heterocycles. The Kier molecular flexibility index (Phi) is 5.70. The number of nitrogens with one attached hydrogen (secondary N) is 1. The third-order valence-electron chi connectivity index (χ3n) is 5.02. The van der Waals surface area contributed by atoms with E-state index in [0.717, 1.165) is 23.8 Å². The summed E-state index contributed by atoms with van der Waals surface area (Å²) in [6.07, 6.45) is -5.14. The quantitative estimate of drug-likeness (QED) is 0.578. The SMILES string of the molecule is FC(F)(F)C1=CCC(c2ccc3c(c2)C(Nc2cccc(C(F)(F)F)n2)=NCCO3)C=C1. The number of halogens is 6. The van der Waals surface area contributed by atoms with Crippen molar-refractivity contribution in [2.24, 2.45) is 4.99 Å². The van der Waals surface area contributed by atoms with Gasteiger partial charge in [-0.15, -0.1) is 0 Å². The average molecular weight is 453 g/mol. The van der Waals surface area contributed by atoms with Crippen LogP contribution in [0.4, 0.5) is 32.2 Å². The second-order valence-corrected chi connectivity index (χ2v) is 7.22. The topological polar surface area (TPSA) is 46.5 Å². The van der Waals surface area contributed by atoms with Gasteiger partial charge in [-0.1, -0.05) is 30.4 Å². The molecule has 2 aliphatic rings. The summed E-state index contributed by atoms with van der Waals surface area (Å²) in [6, 6.07) is 8.66. The van der Waals surface area contributed by atoms with Crippen LogP contribution < -0.4 is 10.1 Å². The Morgan fingerprint density at radius 2 is 1.81 bits per heavy atom. The van der Waals surface area contributed by atoms with Crippen molar-refractivity contribution in [3.63, 3.8) is 0 Å². The van der Waals surface area contributed by atoms with E-state index in [-0.39, 0.29) is 37.1 Å². The summed E-state index contributed by atoms with van der Waals surface area (Å²) in [5.41, 5.74) is -0.499. The number of pyridine rings is 1. The number of nitrogens with zero attached hydrogens (tertiary/aromatic N) is 2. The Morgan fingerprint density at radius 3 is 2.50 bits per heavy atom. The number of amidine groups is 1. The molecule has 32 heavy (non-hydrogen) atoms. The van der Waals surface area contributed by atoms with Gasteiger partial charge in [0.1, 0.15) is 29.7 Å². The smallest absolute Gasteiger partial charge is 0.433 e. The highest BCUT2D eigenvalue weighted by Crippen LogP contribution is 2.36. The number of alkyl halides is 6. The number of ether oxygens (including phenoxy) is 1. The van der Waals surface area contributed by atoms with Crippen LogP contribution in [0.2, 0.25) is 0 Å². The molecule has 4 nitrogen and oxygen atoms in total. The average Bonchev–Trinajstić information content (AvgIpc) is 2.95. The van der Waals surface area contributed by atoms with Gasteiger partial charge in [0.2, 0.25) is 0 Å². The molecule has 1 aromatic carbocycles. The van der Waals surface area contributed by atoms with E-state index >= 15 is 0 Å². The fraction of sp³-hybridized carbons (Fsp3) is 0.273. The van der Waals surface area contributed by atoms with E-state index in [1.54, 1.807) is 18.2 Å². The molecule has 1 aromatic heterocycles. The first-order valence-corrected chi connectivity index (χ1v) is 9.69. The summed E-state index contributed by atoms with van der Waals surface area (Å²) in [7, 11) is 0.